The van der Waals surface area contributed by atoms with Gasteiger partial charge in [0.2, 0.25) is 0 Å². The van der Waals surface area contributed by atoms with Gasteiger partial charge in [-0.3, -0.25) is 9.48 Å². The van der Waals surface area contributed by atoms with Crippen molar-refractivity contribution in [1.82, 2.24) is 15.1 Å². The Hall–Kier alpha value is -2.92. The Morgan fingerprint density at radius 1 is 1.18 bits per heavy atom. The van der Waals surface area contributed by atoms with E-state index in [4.69, 9.17) is 4.74 Å². The third-order valence-corrected chi connectivity index (χ3v) is 5.09. The topological polar surface area (TPSA) is 56.2 Å². The molecule has 1 amide bonds. The molecule has 144 valence electrons. The molecule has 0 radical (unpaired) electrons. The van der Waals surface area contributed by atoms with Crippen molar-refractivity contribution < 1.29 is 9.53 Å². The van der Waals surface area contributed by atoms with Gasteiger partial charge < -0.3 is 10.1 Å². The number of aromatic nitrogens is 2. The van der Waals surface area contributed by atoms with Crippen LogP contribution in [0.2, 0.25) is 0 Å². The van der Waals surface area contributed by atoms with Gasteiger partial charge in [0.05, 0.1) is 18.8 Å². The number of carbonyl (C=O) groups is 1. The van der Waals surface area contributed by atoms with E-state index in [0.29, 0.717) is 25.4 Å². The monoisotopic (exact) mass is 375 g/mol. The fraction of sp³-hybridized carbons (Fsp3) is 0.304. The standard InChI is InChI=1S/C23H25N3O2/c1-17-9-11-19(12-10-17)22-15-26-20(16-28-22)14-21(25-26)23(27)24-13-5-8-18-6-3-2-4-7-18/h2-4,6-7,9-12,14,22H,5,8,13,15-16H2,1H3,(H,24,27)/t22-/m1/s1. The van der Waals surface area contributed by atoms with Gasteiger partial charge in [0.25, 0.3) is 5.91 Å². The van der Waals surface area contributed by atoms with Crippen molar-refractivity contribution in [1.29, 1.82) is 0 Å². The first-order valence-electron chi connectivity index (χ1n) is 9.76. The number of aryl methyl sites for hydroxylation is 2. The Balaban J connectivity index is 1.32. The van der Waals surface area contributed by atoms with Gasteiger partial charge in [-0.15, -0.1) is 0 Å². The third-order valence-electron chi connectivity index (χ3n) is 5.09. The first-order chi connectivity index (χ1) is 13.7. The Kier molecular flexibility index (Phi) is 5.53. The average Bonchev–Trinajstić information content (AvgIpc) is 3.16. The van der Waals surface area contributed by atoms with Crippen LogP contribution in [0.5, 0.6) is 0 Å². The van der Waals surface area contributed by atoms with Crippen LogP contribution in [-0.4, -0.2) is 22.2 Å². The van der Waals surface area contributed by atoms with Gasteiger partial charge in [-0.25, -0.2) is 0 Å². The second kappa shape index (κ2) is 8.40. The van der Waals surface area contributed by atoms with E-state index in [0.717, 1.165) is 24.1 Å². The molecule has 4 rings (SSSR count). The van der Waals surface area contributed by atoms with Gasteiger partial charge >= 0.3 is 0 Å². The Morgan fingerprint density at radius 3 is 2.75 bits per heavy atom. The van der Waals surface area contributed by atoms with Crippen molar-refractivity contribution in [3.05, 3.63) is 88.7 Å². The summed E-state index contributed by atoms with van der Waals surface area (Å²) < 4.78 is 7.87. The molecular weight excluding hydrogens is 350 g/mol. The summed E-state index contributed by atoms with van der Waals surface area (Å²) in [5.41, 5.74) is 5.05. The molecule has 2 aromatic carbocycles. The lowest BCUT2D eigenvalue weighted by Crippen LogP contribution is -2.25. The fourth-order valence-electron chi connectivity index (χ4n) is 3.45. The number of hydrogen-bond donors (Lipinski definition) is 1. The molecular formula is C23H25N3O2. The molecule has 0 bridgehead atoms. The van der Waals surface area contributed by atoms with Crippen molar-refractivity contribution in [2.75, 3.05) is 6.54 Å². The molecule has 0 aliphatic carbocycles. The summed E-state index contributed by atoms with van der Waals surface area (Å²) in [6, 6.07) is 20.5. The lowest BCUT2D eigenvalue weighted by atomic mass is 10.1. The molecule has 3 aromatic rings. The SMILES string of the molecule is Cc1ccc([C@H]2Cn3nc(C(=O)NCCCc4ccccc4)cc3CO2)cc1. The van der Waals surface area contributed by atoms with E-state index < -0.39 is 0 Å². The molecule has 2 heterocycles. The average molecular weight is 375 g/mol. The predicted molar refractivity (Wildman–Crippen MR) is 108 cm³/mol. The maximum atomic E-state index is 12.4. The van der Waals surface area contributed by atoms with Gasteiger partial charge in [0.15, 0.2) is 5.69 Å². The van der Waals surface area contributed by atoms with E-state index in [1.165, 1.54) is 11.1 Å². The molecule has 1 atom stereocenters. The van der Waals surface area contributed by atoms with Crippen molar-refractivity contribution in [3.63, 3.8) is 0 Å². The van der Waals surface area contributed by atoms with E-state index in [2.05, 4.69) is 53.7 Å². The lowest BCUT2D eigenvalue weighted by Gasteiger charge is -2.24. The van der Waals surface area contributed by atoms with Crippen LogP contribution in [0.1, 0.15) is 45.4 Å². The van der Waals surface area contributed by atoms with Crippen molar-refractivity contribution in [3.8, 4) is 0 Å². The summed E-state index contributed by atoms with van der Waals surface area (Å²) in [5, 5.41) is 7.48. The third kappa shape index (κ3) is 4.31. The zero-order valence-corrected chi connectivity index (χ0v) is 16.1. The van der Waals surface area contributed by atoms with E-state index in [-0.39, 0.29) is 12.0 Å². The second-order valence-electron chi connectivity index (χ2n) is 7.26. The van der Waals surface area contributed by atoms with Crippen LogP contribution in [0.4, 0.5) is 0 Å². The highest BCUT2D eigenvalue weighted by Gasteiger charge is 2.23. The lowest BCUT2D eigenvalue weighted by molar-refractivity contribution is -0.00120. The molecule has 0 saturated carbocycles. The first-order valence-corrected chi connectivity index (χ1v) is 9.76. The van der Waals surface area contributed by atoms with Crippen LogP contribution in [-0.2, 0) is 24.3 Å². The highest BCUT2D eigenvalue weighted by molar-refractivity contribution is 5.92. The van der Waals surface area contributed by atoms with Gasteiger partial charge in [-0.05, 0) is 37.0 Å². The quantitative estimate of drug-likeness (QED) is 0.666. The van der Waals surface area contributed by atoms with Crippen molar-refractivity contribution in [2.45, 2.75) is 39.0 Å². The summed E-state index contributed by atoms with van der Waals surface area (Å²) in [4.78, 5) is 12.4. The normalized spacial score (nSPS) is 15.8. The van der Waals surface area contributed by atoms with E-state index in [1.807, 2.05) is 28.9 Å². The maximum absolute atomic E-state index is 12.4. The second-order valence-corrected chi connectivity index (χ2v) is 7.26. The molecule has 0 unspecified atom stereocenters. The van der Waals surface area contributed by atoms with Crippen LogP contribution in [0.3, 0.4) is 0 Å². The number of nitrogens with one attached hydrogen (secondary N) is 1. The largest absolute Gasteiger partial charge is 0.365 e. The zero-order chi connectivity index (χ0) is 19.3. The summed E-state index contributed by atoms with van der Waals surface area (Å²) in [5.74, 6) is -0.123. The number of nitrogens with zero attached hydrogens (tertiary/aromatic N) is 2. The molecule has 0 fully saturated rings. The number of fused-ring (bicyclic) bond motifs is 1. The molecule has 1 aliphatic rings. The number of rotatable bonds is 6. The highest BCUT2D eigenvalue weighted by Crippen LogP contribution is 2.26. The minimum atomic E-state index is -0.123. The first kappa shape index (κ1) is 18.4. The molecule has 5 nitrogen and oxygen atoms in total. The number of ether oxygens (including phenoxy) is 1. The number of carbonyl (C=O) groups excluding carboxylic acids is 1. The van der Waals surface area contributed by atoms with Crippen LogP contribution in [0.25, 0.3) is 0 Å². The van der Waals surface area contributed by atoms with Gasteiger partial charge in [-0.2, -0.15) is 5.10 Å². The minimum absolute atomic E-state index is 0.0326. The van der Waals surface area contributed by atoms with Crippen LogP contribution < -0.4 is 5.32 Å². The molecule has 1 aliphatic heterocycles. The summed E-state index contributed by atoms with van der Waals surface area (Å²) >= 11 is 0. The van der Waals surface area contributed by atoms with Crippen LogP contribution in [0.15, 0.2) is 60.7 Å². The zero-order valence-electron chi connectivity index (χ0n) is 16.1. The van der Waals surface area contributed by atoms with Crippen LogP contribution in [0, 0.1) is 6.92 Å². The molecule has 5 heteroatoms. The van der Waals surface area contributed by atoms with Gasteiger partial charge in [0.1, 0.15) is 6.10 Å². The minimum Gasteiger partial charge on any atom is -0.365 e. The maximum Gasteiger partial charge on any atom is 0.271 e. The van der Waals surface area contributed by atoms with Gasteiger partial charge in [0, 0.05) is 6.54 Å². The smallest absolute Gasteiger partial charge is 0.271 e. The summed E-state index contributed by atoms with van der Waals surface area (Å²) in [6.45, 7) is 3.80. The highest BCUT2D eigenvalue weighted by atomic mass is 16.5. The molecule has 1 N–H and O–H groups in total. The summed E-state index contributed by atoms with van der Waals surface area (Å²) in [7, 11) is 0. The fourth-order valence-corrected chi connectivity index (χ4v) is 3.45. The Labute approximate surface area is 165 Å². The Bertz CT molecular complexity index is 932. The molecule has 1 aromatic heterocycles. The predicted octanol–water partition coefficient (Wildman–Crippen LogP) is 3.83. The van der Waals surface area contributed by atoms with Crippen molar-refractivity contribution in [2.24, 2.45) is 0 Å². The van der Waals surface area contributed by atoms with E-state index >= 15 is 0 Å². The molecule has 0 spiro atoms. The van der Waals surface area contributed by atoms with Crippen LogP contribution >= 0.6 is 0 Å². The number of hydrogen-bond acceptors (Lipinski definition) is 3. The van der Waals surface area contributed by atoms with E-state index in [1.54, 1.807) is 0 Å². The molecule has 0 saturated heterocycles. The molecule has 28 heavy (non-hydrogen) atoms. The van der Waals surface area contributed by atoms with E-state index in [9.17, 15) is 4.79 Å². The summed E-state index contributed by atoms with van der Waals surface area (Å²) in [6.07, 6.45) is 1.82. The Morgan fingerprint density at radius 2 is 1.96 bits per heavy atom. The number of benzene rings is 2. The number of amides is 1. The van der Waals surface area contributed by atoms with Gasteiger partial charge in [-0.1, -0.05) is 60.2 Å². The van der Waals surface area contributed by atoms with Crippen molar-refractivity contribution >= 4 is 5.91 Å².